The Labute approximate surface area is 110 Å². The van der Waals surface area contributed by atoms with Gasteiger partial charge in [0.1, 0.15) is 11.5 Å². The van der Waals surface area contributed by atoms with Crippen LogP contribution >= 0.6 is 0 Å². The largest absolute Gasteiger partial charge is 0.465 e. The Balaban J connectivity index is 1.57. The van der Waals surface area contributed by atoms with Crippen LogP contribution in [0.25, 0.3) is 0 Å². The number of imidazole rings is 1. The number of amides is 1. The second kappa shape index (κ2) is 4.89. The van der Waals surface area contributed by atoms with E-state index in [9.17, 15) is 4.79 Å². The maximum Gasteiger partial charge on any atom is 0.237 e. The second-order valence-corrected chi connectivity index (χ2v) is 4.70. The fourth-order valence-electron chi connectivity index (χ4n) is 2.23. The third kappa shape index (κ3) is 2.53. The number of aromatic amines is 1. The van der Waals surface area contributed by atoms with Crippen LogP contribution in [0.4, 0.5) is 0 Å². The van der Waals surface area contributed by atoms with Gasteiger partial charge in [-0.25, -0.2) is 4.98 Å². The van der Waals surface area contributed by atoms with E-state index in [0.29, 0.717) is 19.5 Å². The quantitative estimate of drug-likeness (QED) is 0.756. The molecule has 0 aliphatic carbocycles. The summed E-state index contributed by atoms with van der Waals surface area (Å²) < 4.78 is 5.41. The molecule has 0 fully saturated rings. The van der Waals surface area contributed by atoms with Crippen LogP contribution in [0.1, 0.15) is 22.9 Å². The minimum atomic E-state index is -0.230. The molecule has 1 aliphatic heterocycles. The number of H-pyrrole nitrogens is 1. The molecular weight excluding hydrogens is 244 g/mol. The Bertz CT molecular complexity index is 587. The second-order valence-electron chi connectivity index (χ2n) is 4.70. The fourth-order valence-corrected chi connectivity index (χ4v) is 2.23. The van der Waals surface area contributed by atoms with E-state index in [4.69, 9.17) is 4.42 Å². The van der Waals surface area contributed by atoms with E-state index in [1.54, 1.807) is 6.33 Å². The molecule has 100 valence electrons. The molecule has 3 heterocycles. The van der Waals surface area contributed by atoms with Gasteiger partial charge in [0.25, 0.3) is 0 Å². The smallest absolute Gasteiger partial charge is 0.237 e. The number of hydrogen-bond acceptors (Lipinski definition) is 4. The molecule has 3 rings (SSSR count). The van der Waals surface area contributed by atoms with Crippen LogP contribution in [0.3, 0.4) is 0 Å². The first-order chi connectivity index (χ1) is 9.22. The molecule has 0 bridgehead atoms. The van der Waals surface area contributed by atoms with Crippen molar-refractivity contribution in [2.75, 3.05) is 0 Å². The van der Waals surface area contributed by atoms with E-state index in [0.717, 1.165) is 22.9 Å². The predicted molar refractivity (Wildman–Crippen MR) is 68.2 cm³/mol. The lowest BCUT2D eigenvalue weighted by Crippen LogP contribution is -2.47. The van der Waals surface area contributed by atoms with Gasteiger partial charge in [-0.2, -0.15) is 0 Å². The first kappa shape index (κ1) is 12.0. The molecule has 6 nitrogen and oxygen atoms in total. The fraction of sp³-hybridized carbons (Fsp3) is 0.385. The van der Waals surface area contributed by atoms with Crippen molar-refractivity contribution in [2.45, 2.75) is 32.5 Å². The maximum atomic E-state index is 12.1. The van der Waals surface area contributed by atoms with Crippen LogP contribution in [0, 0.1) is 6.92 Å². The van der Waals surface area contributed by atoms with Crippen molar-refractivity contribution in [1.29, 1.82) is 0 Å². The third-order valence-corrected chi connectivity index (χ3v) is 3.28. The summed E-state index contributed by atoms with van der Waals surface area (Å²) >= 11 is 0. The van der Waals surface area contributed by atoms with Gasteiger partial charge in [-0.3, -0.25) is 10.1 Å². The van der Waals surface area contributed by atoms with Crippen LogP contribution in [0.5, 0.6) is 0 Å². The molecule has 1 aliphatic rings. The summed E-state index contributed by atoms with van der Waals surface area (Å²) in [5.41, 5.74) is 2.03. The number of carbonyl (C=O) groups excluding carboxylic acids is 1. The third-order valence-electron chi connectivity index (χ3n) is 3.28. The van der Waals surface area contributed by atoms with Crippen LogP contribution in [-0.2, 0) is 24.3 Å². The van der Waals surface area contributed by atoms with Crippen molar-refractivity contribution < 1.29 is 9.21 Å². The molecule has 0 radical (unpaired) electrons. The Morgan fingerprint density at radius 2 is 2.47 bits per heavy atom. The molecule has 0 saturated heterocycles. The number of furan rings is 1. The SMILES string of the molecule is Cc1ccc(CNC(=O)C2Cc3nc[nH]c3CN2)o1. The normalized spacial score (nSPS) is 18.1. The van der Waals surface area contributed by atoms with Crippen molar-refractivity contribution in [3.63, 3.8) is 0 Å². The van der Waals surface area contributed by atoms with Gasteiger partial charge in [-0.1, -0.05) is 0 Å². The zero-order valence-electron chi connectivity index (χ0n) is 10.7. The van der Waals surface area contributed by atoms with E-state index >= 15 is 0 Å². The number of nitrogens with zero attached hydrogens (tertiary/aromatic N) is 1. The lowest BCUT2D eigenvalue weighted by Gasteiger charge is -2.21. The molecule has 19 heavy (non-hydrogen) atoms. The first-order valence-electron chi connectivity index (χ1n) is 6.30. The molecule has 0 aromatic carbocycles. The van der Waals surface area contributed by atoms with Crippen molar-refractivity contribution in [1.82, 2.24) is 20.6 Å². The Hall–Kier alpha value is -2.08. The van der Waals surface area contributed by atoms with Gasteiger partial charge < -0.3 is 14.7 Å². The number of nitrogens with one attached hydrogen (secondary N) is 3. The zero-order chi connectivity index (χ0) is 13.2. The topological polar surface area (TPSA) is 83.0 Å². The summed E-state index contributed by atoms with van der Waals surface area (Å²) in [7, 11) is 0. The molecule has 6 heteroatoms. The van der Waals surface area contributed by atoms with E-state index in [1.807, 2.05) is 19.1 Å². The summed E-state index contributed by atoms with van der Waals surface area (Å²) in [5, 5.41) is 6.06. The van der Waals surface area contributed by atoms with Crippen LogP contribution in [0.2, 0.25) is 0 Å². The number of fused-ring (bicyclic) bond motifs is 1. The molecule has 2 aromatic rings. The number of carbonyl (C=O) groups is 1. The lowest BCUT2D eigenvalue weighted by atomic mass is 10.0. The standard InChI is InChI=1S/C13H16N4O2/c1-8-2-3-9(19-8)5-15-13(18)11-4-10-12(6-14-11)17-7-16-10/h2-3,7,11,14H,4-6H2,1H3,(H,15,18)(H,16,17). The van der Waals surface area contributed by atoms with Gasteiger partial charge in [0.2, 0.25) is 5.91 Å². The summed E-state index contributed by atoms with van der Waals surface area (Å²) in [6.07, 6.45) is 2.28. The predicted octanol–water partition coefficient (Wildman–Crippen LogP) is 0.642. The molecule has 1 unspecified atom stereocenters. The Kier molecular flexibility index (Phi) is 3.08. The number of aromatic nitrogens is 2. The first-order valence-corrected chi connectivity index (χ1v) is 6.30. The highest BCUT2D eigenvalue weighted by atomic mass is 16.3. The minimum absolute atomic E-state index is 0.0253. The van der Waals surface area contributed by atoms with E-state index in [2.05, 4.69) is 20.6 Å². The minimum Gasteiger partial charge on any atom is -0.465 e. The van der Waals surface area contributed by atoms with Crippen molar-refractivity contribution in [3.8, 4) is 0 Å². The number of rotatable bonds is 3. The van der Waals surface area contributed by atoms with Gasteiger partial charge >= 0.3 is 0 Å². The monoisotopic (exact) mass is 260 g/mol. The highest BCUT2D eigenvalue weighted by molar-refractivity contribution is 5.82. The molecule has 1 atom stereocenters. The van der Waals surface area contributed by atoms with E-state index in [1.165, 1.54) is 0 Å². The van der Waals surface area contributed by atoms with E-state index in [-0.39, 0.29) is 11.9 Å². The number of aryl methyl sites for hydroxylation is 1. The highest BCUT2D eigenvalue weighted by Crippen LogP contribution is 2.12. The van der Waals surface area contributed by atoms with Gasteiger partial charge in [-0.05, 0) is 19.1 Å². The van der Waals surface area contributed by atoms with Gasteiger partial charge in [-0.15, -0.1) is 0 Å². The van der Waals surface area contributed by atoms with Gasteiger partial charge in [0, 0.05) is 13.0 Å². The molecular formula is C13H16N4O2. The lowest BCUT2D eigenvalue weighted by molar-refractivity contribution is -0.123. The summed E-state index contributed by atoms with van der Waals surface area (Å²) in [5.74, 6) is 1.59. The average Bonchev–Trinajstić information content (AvgIpc) is 3.03. The van der Waals surface area contributed by atoms with Crippen LogP contribution < -0.4 is 10.6 Å². The Morgan fingerprint density at radius 1 is 1.58 bits per heavy atom. The van der Waals surface area contributed by atoms with Crippen LogP contribution in [0.15, 0.2) is 22.9 Å². The summed E-state index contributed by atoms with van der Waals surface area (Å²) in [6, 6.07) is 3.53. The highest BCUT2D eigenvalue weighted by Gasteiger charge is 2.25. The van der Waals surface area contributed by atoms with E-state index < -0.39 is 0 Å². The van der Waals surface area contributed by atoms with Gasteiger partial charge in [0.15, 0.2) is 0 Å². The van der Waals surface area contributed by atoms with Gasteiger partial charge in [0.05, 0.1) is 30.3 Å². The molecule has 0 saturated carbocycles. The van der Waals surface area contributed by atoms with Crippen molar-refractivity contribution in [3.05, 3.63) is 41.4 Å². The Morgan fingerprint density at radius 3 is 3.26 bits per heavy atom. The molecule has 1 amide bonds. The zero-order valence-corrected chi connectivity index (χ0v) is 10.7. The number of hydrogen-bond donors (Lipinski definition) is 3. The summed E-state index contributed by atoms with van der Waals surface area (Å²) in [6.45, 7) is 2.94. The maximum absolute atomic E-state index is 12.1. The summed E-state index contributed by atoms with van der Waals surface area (Å²) in [4.78, 5) is 19.3. The average molecular weight is 260 g/mol. The van der Waals surface area contributed by atoms with Crippen LogP contribution in [-0.4, -0.2) is 21.9 Å². The molecule has 0 spiro atoms. The van der Waals surface area contributed by atoms with Crippen molar-refractivity contribution in [2.24, 2.45) is 0 Å². The molecule has 2 aromatic heterocycles. The van der Waals surface area contributed by atoms with Crippen molar-refractivity contribution >= 4 is 5.91 Å². The molecule has 3 N–H and O–H groups in total.